The third-order valence-corrected chi connectivity index (χ3v) is 5.21. The first-order chi connectivity index (χ1) is 13.8. The summed E-state index contributed by atoms with van der Waals surface area (Å²) in [6.45, 7) is 5.18. The molecule has 0 aliphatic heterocycles. The molecule has 1 heterocycles. The van der Waals surface area contributed by atoms with Crippen LogP contribution < -0.4 is 4.90 Å². The van der Waals surface area contributed by atoms with Gasteiger partial charge in [-0.25, -0.2) is 13.8 Å². The average molecular weight is 412 g/mol. The molecule has 0 saturated heterocycles. The lowest BCUT2D eigenvalue weighted by Gasteiger charge is -2.18. The molecule has 0 fully saturated rings. The second kappa shape index (κ2) is 8.45. The molecular formula is C22H18F2N2O2S. The van der Waals surface area contributed by atoms with E-state index >= 15 is 0 Å². The second-order valence-corrected chi connectivity index (χ2v) is 7.34. The number of halogens is 2. The van der Waals surface area contributed by atoms with Crippen LogP contribution in [0, 0.1) is 25.5 Å². The minimum Gasteiger partial charge on any atom is -0.289 e. The molecule has 0 N–H and O–H groups in total. The van der Waals surface area contributed by atoms with E-state index in [9.17, 15) is 18.4 Å². The molecule has 0 unspecified atom stereocenters. The first-order valence-corrected chi connectivity index (χ1v) is 9.65. The number of ketones is 1. The van der Waals surface area contributed by atoms with Gasteiger partial charge in [0.2, 0.25) is 5.91 Å². The van der Waals surface area contributed by atoms with Crippen LogP contribution in [0.2, 0.25) is 0 Å². The van der Waals surface area contributed by atoms with Crippen LogP contribution in [0.3, 0.4) is 0 Å². The Morgan fingerprint density at radius 2 is 1.83 bits per heavy atom. The van der Waals surface area contributed by atoms with E-state index in [0.29, 0.717) is 17.3 Å². The Morgan fingerprint density at radius 1 is 1.07 bits per heavy atom. The van der Waals surface area contributed by atoms with Crippen LogP contribution in [0.15, 0.2) is 47.9 Å². The van der Waals surface area contributed by atoms with E-state index < -0.39 is 17.5 Å². The summed E-state index contributed by atoms with van der Waals surface area (Å²) in [5, 5.41) is 1.87. The summed E-state index contributed by atoms with van der Waals surface area (Å²) in [5.74, 6) is -2.23. The van der Waals surface area contributed by atoms with Crippen molar-refractivity contribution in [3.8, 4) is 0 Å². The van der Waals surface area contributed by atoms with Crippen LogP contribution in [-0.4, -0.2) is 16.7 Å². The van der Waals surface area contributed by atoms with Crippen LogP contribution in [0.4, 0.5) is 19.6 Å². The highest BCUT2D eigenvalue weighted by molar-refractivity contribution is 7.14. The summed E-state index contributed by atoms with van der Waals surface area (Å²) in [4.78, 5) is 29.8. The van der Waals surface area contributed by atoms with Gasteiger partial charge in [-0.3, -0.25) is 14.5 Å². The normalized spacial score (nSPS) is 11.1. The van der Waals surface area contributed by atoms with Crippen LogP contribution in [-0.2, 0) is 4.79 Å². The number of aryl methyl sites for hydroxylation is 2. The molecule has 2 aromatic carbocycles. The number of hydrogen-bond acceptors (Lipinski definition) is 4. The number of allylic oxidation sites excluding steroid dienone is 1. The minimum atomic E-state index is -0.864. The van der Waals surface area contributed by atoms with Crippen LogP contribution in [0.25, 0.3) is 6.08 Å². The van der Waals surface area contributed by atoms with Crippen molar-refractivity contribution in [1.82, 2.24) is 4.98 Å². The van der Waals surface area contributed by atoms with E-state index in [-0.39, 0.29) is 16.6 Å². The van der Waals surface area contributed by atoms with Crippen molar-refractivity contribution in [3.63, 3.8) is 0 Å². The third kappa shape index (κ3) is 4.63. The molecule has 3 rings (SSSR count). The topological polar surface area (TPSA) is 50.3 Å². The number of carbonyl (C=O) groups excluding carboxylic acids is 2. The number of amides is 1. The fraction of sp³-hybridized carbons (Fsp3) is 0.136. The fourth-order valence-electron chi connectivity index (χ4n) is 2.68. The van der Waals surface area contributed by atoms with Crippen molar-refractivity contribution in [2.24, 2.45) is 0 Å². The Kier molecular flexibility index (Phi) is 5.98. The van der Waals surface area contributed by atoms with E-state index in [1.807, 2.05) is 26.0 Å². The highest BCUT2D eigenvalue weighted by Crippen LogP contribution is 2.31. The quantitative estimate of drug-likeness (QED) is 0.404. The predicted octanol–water partition coefficient (Wildman–Crippen LogP) is 5.62. The SMILES string of the molecule is CC(=O)N(c1nc(/C=C/C(=O)c2ccc(C)c(C)c2)cs1)c1ccc(F)cc1F. The molecular weight excluding hydrogens is 394 g/mol. The van der Waals surface area contributed by atoms with Gasteiger partial charge >= 0.3 is 0 Å². The van der Waals surface area contributed by atoms with Crippen LogP contribution in [0.1, 0.15) is 34.1 Å². The molecule has 29 heavy (non-hydrogen) atoms. The smallest absolute Gasteiger partial charge is 0.230 e. The summed E-state index contributed by atoms with van der Waals surface area (Å²) < 4.78 is 27.3. The largest absolute Gasteiger partial charge is 0.289 e. The number of hydrogen-bond donors (Lipinski definition) is 0. The summed E-state index contributed by atoms with van der Waals surface area (Å²) in [5.41, 5.74) is 3.06. The van der Waals surface area contributed by atoms with Crippen molar-refractivity contribution in [1.29, 1.82) is 0 Å². The molecule has 4 nitrogen and oxygen atoms in total. The van der Waals surface area contributed by atoms with Gasteiger partial charge in [0.1, 0.15) is 11.6 Å². The number of thiazole rings is 1. The molecule has 0 aliphatic rings. The third-order valence-electron chi connectivity index (χ3n) is 4.36. The second-order valence-electron chi connectivity index (χ2n) is 6.50. The summed E-state index contributed by atoms with van der Waals surface area (Å²) in [7, 11) is 0. The summed E-state index contributed by atoms with van der Waals surface area (Å²) in [6.07, 6.45) is 2.94. The van der Waals surface area contributed by atoms with E-state index in [4.69, 9.17) is 0 Å². The number of anilines is 2. The Hall–Kier alpha value is -3.19. The number of benzene rings is 2. The Bertz CT molecular complexity index is 1120. The lowest BCUT2D eigenvalue weighted by atomic mass is 10.0. The van der Waals surface area contributed by atoms with Gasteiger partial charge in [-0.15, -0.1) is 11.3 Å². The van der Waals surface area contributed by atoms with Gasteiger partial charge in [-0.05, 0) is 55.3 Å². The summed E-state index contributed by atoms with van der Waals surface area (Å²) in [6, 6.07) is 8.44. The van der Waals surface area contributed by atoms with Gasteiger partial charge in [0.15, 0.2) is 10.9 Å². The zero-order valence-corrected chi connectivity index (χ0v) is 16.9. The van der Waals surface area contributed by atoms with Crippen molar-refractivity contribution in [3.05, 3.63) is 81.9 Å². The predicted molar refractivity (Wildman–Crippen MR) is 111 cm³/mol. The fourth-order valence-corrected chi connectivity index (χ4v) is 3.53. The minimum absolute atomic E-state index is 0.0880. The number of carbonyl (C=O) groups is 2. The monoisotopic (exact) mass is 412 g/mol. The Morgan fingerprint density at radius 3 is 2.48 bits per heavy atom. The molecule has 1 aromatic heterocycles. The van der Waals surface area contributed by atoms with Gasteiger partial charge in [-0.1, -0.05) is 12.1 Å². The molecule has 0 radical (unpaired) electrons. The van der Waals surface area contributed by atoms with Crippen molar-refractivity contribution in [2.45, 2.75) is 20.8 Å². The molecule has 0 aliphatic carbocycles. The van der Waals surface area contributed by atoms with Crippen molar-refractivity contribution >= 4 is 39.9 Å². The Balaban J connectivity index is 1.84. The van der Waals surface area contributed by atoms with Crippen LogP contribution >= 0.6 is 11.3 Å². The molecule has 7 heteroatoms. The maximum absolute atomic E-state index is 14.1. The Labute approximate surface area is 171 Å². The van der Waals surface area contributed by atoms with Gasteiger partial charge in [0, 0.05) is 23.9 Å². The maximum Gasteiger partial charge on any atom is 0.230 e. The van der Waals surface area contributed by atoms with Gasteiger partial charge in [0.05, 0.1) is 11.4 Å². The summed E-state index contributed by atoms with van der Waals surface area (Å²) >= 11 is 1.12. The van der Waals surface area contributed by atoms with Gasteiger partial charge in [0.25, 0.3) is 0 Å². The van der Waals surface area contributed by atoms with Gasteiger partial charge in [-0.2, -0.15) is 0 Å². The lowest BCUT2D eigenvalue weighted by molar-refractivity contribution is -0.115. The number of aromatic nitrogens is 1. The van der Waals surface area contributed by atoms with E-state index in [1.54, 1.807) is 11.4 Å². The first kappa shape index (κ1) is 20.5. The average Bonchev–Trinajstić information content (AvgIpc) is 3.12. The van der Waals surface area contributed by atoms with Crippen LogP contribution in [0.5, 0.6) is 0 Å². The number of rotatable bonds is 5. The molecule has 3 aromatic rings. The van der Waals surface area contributed by atoms with E-state index in [0.717, 1.165) is 33.4 Å². The highest BCUT2D eigenvalue weighted by Gasteiger charge is 2.21. The maximum atomic E-state index is 14.1. The van der Waals surface area contributed by atoms with Crippen molar-refractivity contribution < 1.29 is 18.4 Å². The zero-order valence-electron chi connectivity index (χ0n) is 16.1. The van der Waals surface area contributed by atoms with E-state index in [2.05, 4.69) is 4.98 Å². The standard InChI is InChI=1S/C22H18F2N2O2S/c1-13-4-5-16(10-14(13)2)21(28)9-7-18-12-29-22(25-18)26(15(3)27)20-8-6-17(23)11-19(20)24/h4-12H,1-3H3/b9-7+. The first-order valence-electron chi connectivity index (χ1n) is 8.77. The molecule has 0 atom stereocenters. The zero-order chi connectivity index (χ0) is 21.1. The molecule has 148 valence electrons. The highest BCUT2D eigenvalue weighted by atomic mass is 32.1. The molecule has 1 amide bonds. The molecule has 0 bridgehead atoms. The number of nitrogens with zero attached hydrogens (tertiary/aromatic N) is 2. The van der Waals surface area contributed by atoms with Crippen molar-refractivity contribution in [2.75, 3.05) is 4.90 Å². The van der Waals surface area contributed by atoms with Gasteiger partial charge < -0.3 is 0 Å². The molecule has 0 saturated carbocycles. The van der Waals surface area contributed by atoms with E-state index in [1.165, 1.54) is 25.1 Å². The lowest BCUT2D eigenvalue weighted by Crippen LogP contribution is -2.23. The molecule has 0 spiro atoms.